The van der Waals surface area contributed by atoms with Crippen molar-refractivity contribution >= 4 is 53.1 Å². The number of halogens is 2. The molecule has 2 heterocycles. The first kappa shape index (κ1) is 29.0. The van der Waals surface area contributed by atoms with E-state index in [1.165, 1.54) is 35.9 Å². The number of hydrogen-bond acceptors (Lipinski definition) is 4. The topological polar surface area (TPSA) is 65.7 Å². The number of amides is 2. The highest BCUT2D eigenvalue weighted by Crippen LogP contribution is 2.29. The lowest BCUT2D eigenvalue weighted by atomic mass is 9.94. The minimum Gasteiger partial charge on any atom is -0.368 e. The highest BCUT2D eigenvalue weighted by molar-refractivity contribution is 5.92. The summed E-state index contributed by atoms with van der Waals surface area (Å²) in [6.07, 6.45) is 6.67. The quantitative estimate of drug-likeness (QED) is 0.415. The van der Waals surface area contributed by atoms with E-state index in [9.17, 15) is 4.79 Å². The van der Waals surface area contributed by atoms with Gasteiger partial charge in [0.2, 0.25) is 0 Å². The summed E-state index contributed by atoms with van der Waals surface area (Å²) in [6.45, 7) is 7.19. The number of aryl methyl sites for hydroxylation is 1. The van der Waals surface area contributed by atoms with Gasteiger partial charge in [0.1, 0.15) is 0 Å². The van der Waals surface area contributed by atoms with Gasteiger partial charge in [-0.25, -0.2) is 4.79 Å². The Morgan fingerprint density at radius 3 is 2.43 bits per heavy atom. The minimum atomic E-state index is -0.330. The van der Waals surface area contributed by atoms with Crippen LogP contribution in [0.1, 0.15) is 43.4 Å². The fraction of sp³-hybridized carbons (Fsp3) is 0.448. The smallest absolute Gasteiger partial charge is 0.319 e. The van der Waals surface area contributed by atoms with Crippen molar-refractivity contribution in [2.75, 3.05) is 42.5 Å². The van der Waals surface area contributed by atoms with Crippen molar-refractivity contribution in [1.82, 2.24) is 9.88 Å². The van der Waals surface area contributed by atoms with Gasteiger partial charge in [-0.3, -0.25) is 14.8 Å². The molecule has 8 heteroatoms. The minimum absolute atomic E-state index is 0. The lowest BCUT2D eigenvalue weighted by Crippen LogP contribution is -2.47. The molecule has 200 valence electrons. The number of pyridine rings is 1. The van der Waals surface area contributed by atoms with Gasteiger partial charge >= 0.3 is 6.03 Å². The van der Waals surface area contributed by atoms with Crippen LogP contribution in [-0.4, -0.2) is 54.7 Å². The fourth-order valence-electron chi connectivity index (χ4n) is 5.74. The molecular weight excluding hydrogens is 505 g/mol. The van der Waals surface area contributed by atoms with E-state index in [4.69, 9.17) is 10.7 Å². The van der Waals surface area contributed by atoms with Crippen molar-refractivity contribution in [3.05, 3.63) is 65.9 Å². The van der Waals surface area contributed by atoms with E-state index in [2.05, 4.69) is 58.3 Å². The maximum atomic E-state index is 12.3. The number of urea groups is 1. The Morgan fingerprint density at radius 1 is 0.973 bits per heavy atom. The van der Waals surface area contributed by atoms with Crippen LogP contribution in [0.25, 0.3) is 10.9 Å². The monoisotopic (exact) mass is 543 g/mol. The second kappa shape index (κ2) is 13.3. The van der Waals surface area contributed by atoms with Gasteiger partial charge in [0.15, 0.2) is 0 Å². The summed E-state index contributed by atoms with van der Waals surface area (Å²) >= 11 is 0. The molecule has 1 aliphatic heterocycles. The number of carbonyl (C=O) groups excluding carboxylic acids is 1. The molecule has 1 saturated heterocycles. The van der Waals surface area contributed by atoms with Crippen molar-refractivity contribution in [3.63, 3.8) is 0 Å². The Hall–Kier alpha value is -2.54. The van der Waals surface area contributed by atoms with Crippen LogP contribution in [0.5, 0.6) is 0 Å². The molecule has 0 spiro atoms. The van der Waals surface area contributed by atoms with Crippen molar-refractivity contribution in [1.29, 1.82) is 0 Å². The number of primary amides is 1. The molecule has 0 radical (unpaired) electrons. The lowest BCUT2D eigenvalue weighted by Gasteiger charge is -2.36. The van der Waals surface area contributed by atoms with Crippen LogP contribution in [-0.2, 0) is 6.42 Å². The maximum Gasteiger partial charge on any atom is 0.319 e. The normalized spacial score (nSPS) is 16.6. The van der Waals surface area contributed by atoms with Crippen molar-refractivity contribution in [3.8, 4) is 0 Å². The first-order chi connectivity index (χ1) is 17.1. The number of benzene rings is 2. The van der Waals surface area contributed by atoms with Crippen LogP contribution in [0.15, 0.2) is 54.6 Å². The average molecular weight is 545 g/mol. The number of fused-ring (bicyclic) bond motifs is 1. The third-order valence-corrected chi connectivity index (χ3v) is 7.64. The van der Waals surface area contributed by atoms with Gasteiger partial charge in [-0.1, -0.05) is 37.5 Å². The van der Waals surface area contributed by atoms with E-state index >= 15 is 0 Å². The molecule has 37 heavy (non-hydrogen) atoms. The van der Waals surface area contributed by atoms with E-state index in [1.807, 2.05) is 17.9 Å². The average Bonchev–Trinajstić information content (AvgIpc) is 2.88. The van der Waals surface area contributed by atoms with Gasteiger partial charge in [-0.2, -0.15) is 0 Å². The Morgan fingerprint density at radius 2 is 1.70 bits per heavy atom. The van der Waals surface area contributed by atoms with Crippen molar-refractivity contribution in [2.24, 2.45) is 5.73 Å². The number of nitrogens with zero attached hydrogens (tertiary/aromatic N) is 4. The molecule has 1 aromatic heterocycles. The predicted octanol–water partition coefficient (Wildman–Crippen LogP) is 5.97. The number of carbonyl (C=O) groups is 1. The van der Waals surface area contributed by atoms with Crippen LogP contribution in [0.4, 0.5) is 16.2 Å². The van der Waals surface area contributed by atoms with E-state index in [0.717, 1.165) is 68.9 Å². The Kier molecular flexibility index (Phi) is 10.4. The van der Waals surface area contributed by atoms with Gasteiger partial charge in [0.05, 0.1) is 5.52 Å². The number of nitrogens with two attached hydrogens (primary N) is 1. The van der Waals surface area contributed by atoms with Gasteiger partial charge in [0, 0.05) is 61.2 Å². The van der Waals surface area contributed by atoms with Crippen LogP contribution in [0.2, 0.25) is 0 Å². The Balaban J connectivity index is 0.00000190. The summed E-state index contributed by atoms with van der Waals surface area (Å²) in [5, 5.41) is 1.24. The van der Waals surface area contributed by atoms with E-state index in [-0.39, 0.29) is 36.9 Å². The summed E-state index contributed by atoms with van der Waals surface area (Å²) in [6, 6.07) is 19.1. The third kappa shape index (κ3) is 6.86. The number of piperazine rings is 1. The molecule has 3 aromatic rings. The second-order valence-corrected chi connectivity index (χ2v) is 10.0. The summed E-state index contributed by atoms with van der Waals surface area (Å²) in [5.41, 5.74) is 11.4. The summed E-state index contributed by atoms with van der Waals surface area (Å²) in [7, 11) is 0. The number of aromatic nitrogens is 1. The van der Waals surface area contributed by atoms with Gasteiger partial charge < -0.3 is 10.6 Å². The Bertz CT molecular complexity index is 1180. The standard InChI is InChI=1S/C29H37N5O.2ClH/c1-22-13-14-26-27(31-22)11-6-12-28(26)33-19-17-32(18-20-33)16-15-23-7-5-10-25(21-23)34(29(30)35)24-8-3-2-4-9-24;;/h5-7,10-14,21,24H,2-4,8-9,15-20H2,1H3,(H2,30,35);2*1H. The zero-order valence-electron chi connectivity index (χ0n) is 21.6. The molecule has 0 unspecified atom stereocenters. The van der Waals surface area contributed by atoms with Crippen LogP contribution < -0.4 is 15.5 Å². The molecule has 0 bridgehead atoms. The number of anilines is 2. The van der Waals surface area contributed by atoms with Gasteiger partial charge in [-0.15, -0.1) is 24.8 Å². The van der Waals surface area contributed by atoms with Crippen molar-refractivity contribution in [2.45, 2.75) is 51.5 Å². The summed E-state index contributed by atoms with van der Waals surface area (Å²) in [4.78, 5) is 23.9. The molecule has 5 rings (SSSR count). The molecule has 1 aliphatic carbocycles. The molecule has 2 fully saturated rings. The largest absolute Gasteiger partial charge is 0.368 e. The van der Waals surface area contributed by atoms with Gasteiger partial charge in [0.25, 0.3) is 0 Å². The molecule has 2 aromatic carbocycles. The van der Waals surface area contributed by atoms with Crippen LogP contribution >= 0.6 is 24.8 Å². The van der Waals surface area contributed by atoms with E-state index < -0.39 is 0 Å². The molecule has 2 N–H and O–H groups in total. The second-order valence-electron chi connectivity index (χ2n) is 10.0. The highest BCUT2D eigenvalue weighted by Gasteiger charge is 2.25. The molecule has 2 aliphatic rings. The van der Waals surface area contributed by atoms with Crippen LogP contribution in [0.3, 0.4) is 0 Å². The third-order valence-electron chi connectivity index (χ3n) is 7.64. The van der Waals surface area contributed by atoms with E-state index in [1.54, 1.807) is 0 Å². The Labute approximate surface area is 233 Å². The zero-order valence-corrected chi connectivity index (χ0v) is 23.3. The van der Waals surface area contributed by atoms with Gasteiger partial charge in [-0.05, 0) is 68.1 Å². The highest BCUT2D eigenvalue weighted by atomic mass is 35.5. The van der Waals surface area contributed by atoms with Crippen LogP contribution in [0, 0.1) is 6.92 Å². The number of rotatable bonds is 6. The predicted molar refractivity (Wildman–Crippen MR) is 159 cm³/mol. The van der Waals surface area contributed by atoms with Crippen molar-refractivity contribution < 1.29 is 4.79 Å². The maximum absolute atomic E-state index is 12.3. The molecule has 6 nitrogen and oxygen atoms in total. The zero-order chi connectivity index (χ0) is 24.2. The first-order valence-electron chi connectivity index (χ1n) is 13.1. The lowest BCUT2D eigenvalue weighted by molar-refractivity contribution is 0.249. The van der Waals surface area contributed by atoms with E-state index in [0.29, 0.717) is 0 Å². The summed E-state index contributed by atoms with van der Waals surface area (Å²) in [5.74, 6) is 0. The molecule has 1 saturated carbocycles. The number of hydrogen-bond donors (Lipinski definition) is 1. The fourth-order valence-corrected chi connectivity index (χ4v) is 5.74. The first-order valence-corrected chi connectivity index (χ1v) is 13.1. The summed E-state index contributed by atoms with van der Waals surface area (Å²) < 4.78 is 0. The molecular formula is C29H39Cl2N5O. The molecule has 2 amide bonds. The SMILES string of the molecule is Cc1ccc2c(N3CCN(CCc4cccc(N(C(N)=O)C5CCCCC5)c4)CC3)cccc2n1.Cl.Cl. The molecule has 0 atom stereocenters.